The molecule has 2 heterocycles. The van der Waals surface area contributed by atoms with E-state index in [1.807, 2.05) is 12.1 Å². The number of rotatable bonds is 8. The number of nitro benzene ring substituents is 1. The van der Waals surface area contributed by atoms with Crippen molar-refractivity contribution in [1.82, 2.24) is 10.2 Å². The predicted molar refractivity (Wildman–Crippen MR) is 129 cm³/mol. The quantitative estimate of drug-likeness (QED) is 0.355. The number of hydrogen-bond donors (Lipinski definition) is 1. The van der Waals surface area contributed by atoms with Gasteiger partial charge in [0.25, 0.3) is 5.69 Å². The van der Waals surface area contributed by atoms with Crippen molar-refractivity contribution in [3.63, 3.8) is 0 Å². The first-order valence-electron chi connectivity index (χ1n) is 9.89. The first-order chi connectivity index (χ1) is 15.9. The molecule has 170 valence electrons. The van der Waals surface area contributed by atoms with Crippen molar-refractivity contribution >= 4 is 63.0 Å². The van der Waals surface area contributed by atoms with E-state index in [2.05, 4.69) is 15.5 Å². The molecule has 2 aromatic carbocycles. The van der Waals surface area contributed by atoms with Crippen molar-refractivity contribution in [3.05, 3.63) is 74.2 Å². The molecule has 1 aliphatic heterocycles. The highest BCUT2D eigenvalue weighted by Gasteiger charge is 2.34. The zero-order valence-corrected chi connectivity index (χ0v) is 19.5. The van der Waals surface area contributed by atoms with Gasteiger partial charge in [-0.3, -0.25) is 25.0 Å². The van der Waals surface area contributed by atoms with E-state index in [1.54, 1.807) is 29.2 Å². The van der Waals surface area contributed by atoms with Crippen LogP contribution < -0.4 is 10.2 Å². The molecule has 1 fully saturated rings. The Balaban J connectivity index is 1.27. The Morgan fingerprint density at radius 3 is 2.64 bits per heavy atom. The highest BCUT2D eigenvalue weighted by molar-refractivity contribution is 7.99. The number of nitrogens with zero attached hydrogens (tertiary/aromatic N) is 4. The van der Waals surface area contributed by atoms with Crippen molar-refractivity contribution < 1.29 is 14.5 Å². The van der Waals surface area contributed by atoms with Gasteiger partial charge in [-0.05, 0) is 29.8 Å². The molecule has 1 unspecified atom stereocenters. The Bertz CT molecular complexity index is 1170. The van der Waals surface area contributed by atoms with Crippen molar-refractivity contribution in [2.45, 2.75) is 18.1 Å². The van der Waals surface area contributed by atoms with E-state index in [-0.39, 0.29) is 29.2 Å². The maximum Gasteiger partial charge on any atom is 0.269 e. The number of carbonyl (C=O) groups is 2. The van der Waals surface area contributed by atoms with Crippen LogP contribution in [0.3, 0.4) is 0 Å². The van der Waals surface area contributed by atoms with Gasteiger partial charge in [0.1, 0.15) is 5.01 Å². The van der Waals surface area contributed by atoms with E-state index in [0.717, 1.165) is 11.3 Å². The summed E-state index contributed by atoms with van der Waals surface area (Å²) in [5.41, 5.74) is 1.72. The number of carbonyl (C=O) groups excluding carboxylic acids is 2. The van der Waals surface area contributed by atoms with Crippen LogP contribution in [0, 0.1) is 10.1 Å². The van der Waals surface area contributed by atoms with Crippen LogP contribution in [0.1, 0.15) is 22.9 Å². The van der Waals surface area contributed by atoms with E-state index in [4.69, 9.17) is 11.6 Å². The SMILES string of the molecule is O=C(CSCc1ccc([N+](=O)[O-])cc1)Nc1nnc(C2CC(=O)N(c3ccc(Cl)cc3)C2)s1. The number of halogens is 1. The number of non-ortho nitro benzene ring substituents is 1. The maximum absolute atomic E-state index is 12.5. The molecule has 1 aliphatic rings. The van der Waals surface area contributed by atoms with Crippen molar-refractivity contribution in [1.29, 1.82) is 0 Å². The largest absolute Gasteiger partial charge is 0.312 e. The molecule has 0 spiro atoms. The summed E-state index contributed by atoms with van der Waals surface area (Å²) >= 11 is 8.58. The van der Waals surface area contributed by atoms with Crippen molar-refractivity contribution in [3.8, 4) is 0 Å². The summed E-state index contributed by atoms with van der Waals surface area (Å²) < 4.78 is 0. The molecular formula is C21H18ClN5O4S2. The smallest absolute Gasteiger partial charge is 0.269 e. The number of hydrogen-bond acceptors (Lipinski definition) is 8. The Hall–Kier alpha value is -3.02. The first-order valence-corrected chi connectivity index (χ1v) is 12.2. The zero-order valence-electron chi connectivity index (χ0n) is 17.1. The summed E-state index contributed by atoms with van der Waals surface area (Å²) in [5.74, 6) is 0.462. The van der Waals surface area contributed by atoms with Crippen molar-refractivity contribution in [2.75, 3.05) is 22.5 Å². The van der Waals surface area contributed by atoms with Gasteiger partial charge in [0.15, 0.2) is 0 Å². The van der Waals surface area contributed by atoms with Gasteiger partial charge in [0.05, 0.1) is 10.7 Å². The Morgan fingerprint density at radius 2 is 1.94 bits per heavy atom. The molecule has 1 aromatic heterocycles. The topological polar surface area (TPSA) is 118 Å². The minimum atomic E-state index is -0.447. The third-order valence-corrected chi connectivity index (χ3v) is 7.21. The zero-order chi connectivity index (χ0) is 23.4. The molecule has 0 aliphatic carbocycles. The van der Waals surface area contributed by atoms with Gasteiger partial charge in [-0.25, -0.2) is 0 Å². The molecule has 0 bridgehead atoms. The molecule has 1 saturated heterocycles. The molecule has 0 radical (unpaired) electrons. The second-order valence-electron chi connectivity index (χ2n) is 7.29. The van der Waals surface area contributed by atoms with Crippen LogP contribution in [0.4, 0.5) is 16.5 Å². The summed E-state index contributed by atoms with van der Waals surface area (Å²) in [6, 6.07) is 13.4. The van der Waals surface area contributed by atoms with Crippen LogP contribution in [0.15, 0.2) is 48.5 Å². The van der Waals surface area contributed by atoms with Gasteiger partial charge in [0, 0.05) is 47.5 Å². The average Bonchev–Trinajstić information content (AvgIpc) is 3.41. The standard InChI is InChI=1S/C21H18ClN5O4S2/c22-15-3-7-16(8-4-15)26-10-14(9-19(26)29)20-24-25-21(33-20)23-18(28)12-32-11-13-1-5-17(6-2-13)27(30)31/h1-8,14H,9-12H2,(H,23,25,28). The number of nitrogens with one attached hydrogen (secondary N) is 1. The number of thioether (sulfide) groups is 1. The van der Waals surface area contributed by atoms with Crippen LogP contribution >= 0.6 is 34.7 Å². The van der Waals surface area contributed by atoms with Crippen LogP contribution in [-0.2, 0) is 15.3 Å². The minimum Gasteiger partial charge on any atom is -0.312 e. The summed E-state index contributed by atoms with van der Waals surface area (Å²) in [5, 5.41) is 23.4. The van der Waals surface area contributed by atoms with Gasteiger partial charge in [-0.2, -0.15) is 0 Å². The molecule has 1 N–H and O–H groups in total. The lowest BCUT2D eigenvalue weighted by molar-refractivity contribution is -0.384. The molecule has 3 aromatic rings. The lowest BCUT2D eigenvalue weighted by Gasteiger charge is -2.16. The summed E-state index contributed by atoms with van der Waals surface area (Å²) in [6.45, 7) is 0.494. The first kappa shape index (κ1) is 23.1. The van der Waals surface area contributed by atoms with Gasteiger partial charge in [-0.15, -0.1) is 22.0 Å². The molecule has 4 rings (SSSR count). The number of amides is 2. The molecule has 0 saturated carbocycles. The number of nitro groups is 1. The van der Waals surface area contributed by atoms with Crippen LogP contribution in [-0.4, -0.2) is 39.2 Å². The van der Waals surface area contributed by atoms with E-state index in [1.165, 1.54) is 35.2 Å². The van der Waals surface area contributed by atoms with E-state index in [0.29, 0.717) is 33.9 Å². The average molecular weight is 504 g/mol. The summed E-state index contributed by atoms with van der Waals surface area (Å²) in [4.78, 5) is 36.7. The van der Waals surface area contributed by atoms with Gasteiger partial charge in [-0.1, -0.05) is 35.1 Å². The minimum absolute atomic E-state index is 0.00533. The number of anilines is 2. The van der Waals surface area contributed by atoms with Crippen molar-refractivity contribution in [2.24, 2.45) is 0 Å². The summed E-state index contributed by atoms with van der Waals surface area (Å²) in [6.07, 6.45) is 0.330. The Kier molecular flexibility index (Phi) is 7.21. The van der Waals surface area contributed by atoms with Crippen LogP contribution in [0.5, 0.6) is 0 Å². The van der Waals surface area contributed by atoms with Crippen LogP contribution in [0.2, 0.25) is 5.02 Å². The second-order valence-corrected chi connectivity index (χ2v) is 9.72. The highest BCUT2D eigenvalue weighted by Crippen LogP contribution is 2.34. The monoisotopic (exact) mass is 503 g/mol. The Labute approximate surface area is 202 Å². The Morgan fingerprint density at radius 1 is 1.21 bits per heavy atom. The van der Waals surface area contributed by atoms with Crippen LogP contribution in [0.25, 0.3) is 0 Å². The molecule has 33 heavy (non-hydrogen) atoms. The fourth-order valence-electron chi connectivity index (χ4n) is 3.32. The lowest BCUT2D eigenvalue weighted by Crippen LogP contribution is -2.24. The normalized spacial score (nSPS) is 15.6. The summed E-state index contributed by atoms with van der Waals surface area (Å²) in [7, 11) is 0. The van der Waals surface area contributed by atoms with E-state index in [9.17, 15) is 19.7 Å². The maximum atomic E-state index is 12.5. The second kappa shape index (κ2) is 10.3. The molecule has 9 nitrogen and oxygen atoms in total. The predicted octanol–water partition coefficient (Wildman–Crippen LogP) is 4.49. The number of benzene rings is 2. The van der Waals surface area contributed by atoms with E-state index < -0.39 is 4.92 Å². The third kappa shape index (κ3) is 5.86. The molecule has 1 atom stereocenters. The number of aromatic nitrogens is 2. The fraction of sp³-hybridized carbons (Fsp3) is 0.238. The molecule has 2 amide bonds. The van der Waals surface area contributed by atoms with E-state index >= 15 is 0 Å². The van der Waals surface area contributed by atoms with Gasteiger partial charge < -0.3 is 4.90 Å². The third-order valence-electron chi connectivity index (χ3n) is 4.95. The molecular weight excluding hydrogens is 486 g/mol. The lowest BCUT2D eigenvalue weighted by atomic mass is 10.1. The molecule has 12 heteroatoms. The van der Waals surface area contributed by atoms with Gasteiger partial charge in [0.2, 0.25) is 16.9 Å². The highest BCUT2D eigenvalue weighted by atomic mass is 35.5. The van der Waals surface area contributed by atoms with Gasteiger partial charge >= 0.3 is 0 Å². The fourth-order valence-corrected chi connectivity index (χ4v) is 5.09.